The van der Waals surface area contributed by atoms with Crippen molar-refractivity contribution in [1.82, 2.24) is 4.57 Å². The molecule has 1 heterocycles. The molecule has 0 aliphatic rings. The summed E-state index contributed by atoms with van der Waals surface area (Å²) in [6.07, 6.45) is -0.633. The van der Waals surface area contributed by atoms with Gasteiger partial charge in [0.1, 0.15) is 5.75 Å². The fourth-order valence-electron chi connectivity index (χ4n) is 4.85. The number of carboxylic acid groups (broad SMARTS) is 1. The Bertz CT molecular complexity index is 1510. The van der Waals surface area contributed by atoms with Crippen molar-refractivity contribution in [3.8, 4) is 22.8 Å². The van der Waals surface area contributed by atoms with Crippen molar-refractivity contribution in [2.24, 2.45) is 0 Å². The van der Waals surface area contributed by atoms with E-state index in [1.165, 1.54) is 11.1 Å². The fourth-order valence-corrected chi connectivity index (χ4v) is 4.85. The molecular formula is C30H27NO4. The predicted octanol–water partition coefficient (Wildman–Crippen LogP) is 7.60. The molecule has 176 valence electrons. The maximum absolute atomic E-state index is 11.4. The van der Waals surface area contributed by atoms with Crippen LogP contribution in [0, 0.1) is 13.8 Å². The van der Waals surface area contributed by atoms with Crippen LogP contribution in [-0.4, -0.2) is 22.4 Å². The van der Waals surface area contributed by atoms with Gasteiger partial charge < -0.3 is 19.1 Å². The second-order valence-corrected chi connectivity index (χ2v) is 8.69. The lowest BCUT2D eigenvalue weighted by Crippen LogP contribution is -2.10. The lowest BCUT2D eigenvalue weighted by Gasteiger charge is -2.13. The van der Waals surface area contributed by atoms with E-state index >= 15 is 0 Å². The van der Waals surface area contributed by atoms with Gasteiger partial charge in [0.05, 0.1) is 12.1 Å². The van der Waals surface area contributed by atoms with E-state index < -0.39 is 6.16 Å². The van der Waals surface area contributed by atoms with Crippen LogP contribution in [-0.2, 0) is 6.54 Å². The van der Waals surface area contributed by atoms with Gasteiger partial charge in [0, 0.05) is 23.4 Å². The van der Waals surface area contributed by atoms with Crippen LogP contribution in [0.4, 0.5) is 4.79 Å². The fraction of sp³-hybridized carbons (Fsp3) is 0.167. The molecule has 1 N–H and O–H groups in total. The number of ether oxygens (including phenoxy) is 2. The molecule has 0 saturated heterocycles. The topological polar surface area (TPSA) is 60.7 Å². The van der Waals surface area contributed by atoms with E-state index in [4.69, 9.17) is 9.47 Å². The van der Waals surface area contributed by atoms with Gasteiger partial charge in [0.25, 0.3) is 0 Å². The summed E-state index contributed by atoms with van der Waals surface area (Å²) < 4.78 is 13.2. The third kappa shape index (κ3) is 4.45. The van der Waals surface area contributed by atoms with Crippen LogP contribution in [0.25, 0.3) is 32.8 Å². The van der Waals surface area contributed by atoms with Crippen molar-refractivity contribution in [1.29, 1.82) is 0 Å². The first-order chi connectivity index (χ1) is 17.0. The van der Waals surface area contributed by atoms with Crippen LogP contribution >= 0.6 is 0 Å². The molecule has 0 radical (unpaired) electrons. The number of carbonyl (C=O) groups is 1. The molecule has 1 aromatic heterocycles. The van der Waals surface area contributed by atoms with Crippen molar-refractivity contribution < 1.29 is 19.4 Å². The van der Waals surface area contributed by atoms with Crippen molar-refractivity contribution in [3.05, 3.63) is 96.1 Å². The average Bonchev–Trinajstić information content (AvgIpc) is 3.19. The van der Waals surface area contributed by atoms with Crippen LogP contribution in [0.3, 0.4) is 0 Å². The molecule has 5 heteroatoms. The first-order valence-corrected chi connectivity index (χ1v) is 11.7. The summed E-state index contributed by atoms with van der Waals surface area (Å²) in [5, 5.41) is 12.5. The molecule has 0 aliphatic heterocycles. The second kappa shape index (κ2) is 9.55. The Hall–Kier alpha value is -4.25. The largest absolute Gasteiger partial charge is 0.512 e. The smallest absolute Gasteiger partial charge is 0.493 e. The number of benzene rings is 4. The third-order valence-electron chi connectivity index (χ3n) is 6.38. The maximum atomic E-state index is 11.4. The molecule has 0 spiro atoms. The van der Waals surface area contributed by atoms with E-state index in [0.29, 0.717) is 25.5 Å². The molecule has 5 aromatic rings. The minimum absolute atomic E-state index is 0.316. The summed E-state index contributed by atoms with van der Waals surface area (Å²) in [5.74, 6) is 1.16. The van der Waals surface area contributed by atoms with Gasteiger partial charge in [0.15, 0.2) is 0 Å². The Labute approximate surface area is 204 Å². The Balaban J connectivity index is 1.44. The standard InChI is InChI=1S/C30H27NO4/c1-20-9-5-10-21(2)29(20)24-14-7-15-26-25(24)19-28(35-30(32)33)31(26)17-8-18-34-27-16-6-12-22-11-3-4-13-23(22)27/h3-7,9-16,19H,8,17-18H2,1-2H3,(H,32,33). The molecule has 0 amide bonds. The number of hydrogen-bond donors (Lipinski definition) is 1. The van der Waals surface area contributed by atoms with Crippen LogP contribution < -0.4 is 9.47 Å². The van der Waals surface area contributed by atoms with Crippen molar-refractivity contribution >= 4 is 27.8 Å². The van der Waals surface area contributed by atoms with Crippen LogP contribution in [0.1, 0.15) is 17.5 Å². The molecule has 0 unspecified atom stereocenters. The van der Waals surface area contributed by atoms with Crippen LogP contribution in [0.15, 0.2) is 84.9 Å². The van der Waals surface area contributed by atoms with Gasteiger partial charge in [-0.3, -0.25) is 0 Å². The van der Waals surface area contributed by atoms with Crippen LogP contribution in [0.2, 0.25) is 0 Å². The van der Waals surface area contributed by atoms with E-state index in [2.05, 4.69) is 50.2 Å². The highest BCUT2D eigenvalue weighted by atomic mass is 16.7. The van der Waals surface area contributed by atoms with Gasteiger partial charge in [0.2, 0.25) is 5.88 Å². The Morgan fingerprint density at radius 2 is 1.57 bits per heavy atom. The minimum atomic E-state index is -1.32. The highest BCUT2D eigenvalue weighted by Crippen LogP contribution is 2.37. The first-order valence-electron chi connectivity index (χ1n) is 11.7. The second-order valence-electron chi connectivity index (χ2n) is 8.69. The summed E-state index contributed by atoms with van der Waals surface area (Å²) in [7, 11) is 0. The van der Waals surface area contributed by atoms with E-state index in [1.54, 1.807) is 0 Å². The maximum Gasteiger partial charge on any atom is 0.512 e. The summed E-state index contributed by atoms with van der Waals surface area (Å²) >= 11 is 0. The zero-order chi connectivity index (χ0) is 24.4. The lowest BCUT2D eigenvalue weighted by molar-refractivity contribution is 0.140. The third-order valence-corrected chi connectivity index (χ3v) is 6.38. The van der Waals surface area contributed by atoms with Gasteiger partial charge in [-0.1, -0.05) is 66.7 Å². The molecule has 5 nitrogen and oxygen atoms in total. The molecule has 4 aromatic carbocycles. The summed E-state index contributed by atoms with van der Waals surface area (Å²) in [6.45, 7) is 5.25. The zero-order valence-electron chi connectivity index (χ0n) is 19.8. The van der Waals surface area contributed by atoms with E-state index in [0.717, 1.165) is 38.6 Å². The van der Waals surface area contributed by atoms with Gasteiger partial charge >= 0.3 is 6.16 Å². The lowest BCUT2D eigenvalue weighted by atomic mass is 9.93. The summed E-state index contributed by atoms with van der Waals surface area (Å²) in [4.78, 5) is 11.4. The highest BCUT2D eigenvalue weighted by Gasteiger charge is 2.17. The number of hydrogen-bond acceptors (Lipinski definition) is 3. The van der Waals surface area contributed by atoms with Gasteiger partial charge in [-0.05, 0) is 60.0 Å². The number of aryl methyl sites for hydroxylation is 3. The molecule has 0 aliphatic carbocycles. The van der Waals surface area contributed by atoms with Crippen molar-refractivity contribution in [2.45, 2.75) is 26.8 Å². The Morgan fingerprint density at radius 1 is 0.857 bits per heavy atom. The summed E-state index contributed by atoms with van der Waals surface area (Å²) in [6, 6.07) is 28.3. The predicted molar refractivity (Wildman–Crippen MR) is 140 cm³/mol. The van der Waals surface area contributed by atoms with E-state index in [1.807, 2.05) is 53.1 Å². The zero-order valence-corrected chi connectivity index (χ0v) is 19.8. The number of aromatic nitrogens is 1. The highest BCUT2D eigenvalue weighted by molar-refractivity contribution is 5.98. The van der Waals surface area contributed by atoms with Crippen LogP contribution in [0.5, 0.6) is 11.6 Å². The number of rotatable bonds is 7. The normalized spacial score (nSPS) is 11.1. The average molecular weight is 466 g/mol. The Morgan fingerprint density at radius 3 is 2.37 bits per heavy atom. The van der Waals surface area contributed by atoms with Gasteiger partial charge in [-0.2, -0.15) is 0 Å². The van der Waals surface area contributed by atoms with Crippen molar-refractivity contribution in [3.63, 3.8) is 0 Å². The van der Waals surface area contributed by atoms with Crippen molar-refractivity contribution in [2.75, 3.05) is 6.61 Å². The molecule has 0 saturated carbocycles. The number of nitrogens with zero attached hydrogens (tertiary/aromatic N) is 1. The minimum Gasteiger partial charge on any atom is -0.493 e. The number of fused-ring (bicyclic) bond motifs is 2. The molecule has 35 heavy (non-hydrogen) atoms. The SMILES string of the molecule is Cc1cccc(C)c1-c1cccc2c1cc(OC(=O)O)n2CCCOc1cccc2ccccc12. The molecule has 0 atom stereocenters. The quantitative estimate of drug-likeness (QED) is 0.199. The molecular weight excluding hydrogens is 438 g/mol. The van der Waals surface area contributed by atoms with Gasteiger partial charge in [-0.15, -0.1) is 0 Å². The summed E-state index contributed by atoms with van der Waals surface area (Å²) in [5.41, 5.74) is 5.52. The molecule has 5 rings (SSSR count). The van der Waals surface area contributed by atoms with E-state index in [-0.39, 0.29) is 0 Å². The monoisotopic (exact) mass is 465 g/mol. The molecule has 0 fully saturated rings. The van der Waals surface area contributed by atoms with E-state index in [9.17, 15) is 9.90 Å². The van der Waals surface area contributed by atoms with Gasteiger partial charge in [-0.25, -0.2) is 4.79 Å². The molecule has 0 bridgehead atoms. The first kappa shape index (κ1) is 22.5. The Kier molecular flexibility index (Phi) is 6.15.